The van der Waals surface area contributed by atoms with Crippen molar-refractivity contribution in [3.05, 3.63) is 23.9 Å². The predicted octanol–water partition coefficient (Wildman–Crippen LogP) is 2.10. The summed E-state index contributed by atoms with van der Waals surface area (Å²) in [6.45, 7) is 10.5. The fourth-order valence-electron chi connectivity index (χ4n) is 4.85. The molecule has 178 valence electrons. The number of primary amides is 1. The summed E-state index contributed by atoms with van der Waals surface area (Å²) in [6.07, 6.45) is 8.63. The van der Waals surface area contributed by atoms with E-state index in [-0.39, 0.29) is 11.8 Å². The van der Waals surface area contributed by atoms with Gasteiger partial charge in [-0.05, 0) is 51.6 Å². The molecule has 0 bridgehead atoms. The van der Waals surface area contributed by atoms with E-state index in [1.165, 1.54) is 32.2 Å². The summed E-state index contributed by atoms with van der Waals surface area (Å²) in [5, 5.41) is 6.88. The van der Waals surface area contributed by atoms with Crippen LogP contribution in [0.4, 0.5) is 5.82 Å². The highest BCUT2D eigenvalue weighted by Gasteiger charge is 2.25. The van der Waals surface area contributed by atoms with Crippen molar-refractivity contribution in [1.82, 2.24) is 20.5 Å². The molecule has 2 fully saturated rings. The number of guanidine groups is 1. The average Bonchev–Trinajstić information content (AvgIpc) is 2.83. The van der Waals surface area contributed by atoms with Gasteiger partial charge in [-0.2, -0.15) is 0 Å². The lowest BCUT2D eigenvalue weighted by Gasteiger charge is -2.35. The maximum atomic E-state index is 11.5. The number of piperidine rings is 2. The van der Waals surface area contributed by atoms with E-state index in [4.69, 9.17) is 10.7 Å². The zero-order valence-electron chi connectivity index (χ0n) is 19.9. The molecule has 1 atom stereocenters. The molecule has 0 aliphatic carbocycles. The number of pyridine rings is 1. The van der Waals surface area contributed by atoms with E-state index in [9.17, 15) is 4.79 Å². The summed E-state index contributed by atoms with van der Waals surface area (Å²) in [7, 11) is 0. The summed E-state index contributed by atoms with van der Waals surface area (Å²) >= 11 is 0. The van der Waals surface area contributed by atoms with Crippen LogP contribution in [0.25, 0.3) is 0 Å². The minimum Gasteiger partial charge on any atom is -0.369 e. The van der Waals surface area contributed by atoms with Gasteiger partial charge in [-0.15, -0.1) is 0 Å². The number of carbonyl (C=O) groups excluding carboxylic acids is 1. The molecule has 0 spiro atoms. The maximum Gasteiger partial charge on any atom is 0.220 e. The van der Waals surface area contributed by atoms with Crippen LogP contribution >= 0.6 is 0 Å². The van der Waals surface area contributed by atoms with Gasteiger partial charge < -0.3 is 21.3 Å². The predicted molar refractivity (Wildman–Crippen MR) is 131 cm³/mol. The number of nitrogens with one attached hydrogen (secondary N) is 2. The van der Waals surface area contributed by atoms with Crippen molar-refractivity contribution >= 4 is 17.7 Å². The topological polar surface area (TPSA) is 98.9 Å². The molecule has 8 nitrogen and oxygen atoms in total. The van der Waals surface area contributed by atoms with Crippen molar-refractivity contribution in [2.75, 3.05) is 44.2 Å². The van der Waals surface area contributed by atoms with Gasteiger partial charge in [0.25, 0.3) is 0 Å². The van der Waals surface area contributed by atoms with Crippen LogP contribution in [0.2, 0.25) is 0 Å². The van der Waals surface area contributed by atoms with E-state index < -0.39 is 0 Å². The van der Waals surface area contributed by atoms with E-state index in [1.807, 2.05) is 12.3 Å². The van der Waals surface area contributed by atoms with E-state index >= 15 is 0 Å². The lowest BCUT2D eigenvalue weighted by Crippen LogP contribution is -2.45. The summed E-state index contributed by atoms with van der Waals surface area (Å²) in [4.78, 5) is 25.8. The van der Waals surface area contributed by atoms with Crippen molar-refractivity contribution in [2.24, 2.45) is 16.6 Å². The van der Waals surface area contributed by atoms with Crippen molar-refractivity contribution in [1.29, 1.82) is 0 Å². The van der Waals surface area contributed by atoms with Gasteiger partial charge in [0.2, 0.25) is 5.91 Å². The van der Waals surface area contributed by atoms with Crippen LogP contribution < -0.4 is 21.3 Å². The van der Waals surface area contributed by atoms with E-state index in [0.717, 1.165) is 68.9 Å². The number of nitrogens with zero attached hydrogens (tertiary/aromatic N) is 4. The normalized spacial score (nSPS) is 20.9. The molecule has 2 saturated heterocycles. The Morgan fingerprint density at radius 1 is 1.19 bits per heavy atom. The third-order valence-electron chi connectivity index (χ3n) is 6.73. The zero-order chi connectivity index (χ0) is 22.8. The van der Waals surface area contributed by atoms with Gasteiger partial charge in [0.05, 0.1) is 6.54 Å². The van der Waals surface area contributed by atoms with Crippen LogP contribution in [0.15, 0.2) is 23.3 Å². The first-order valence-electron chi connectivity index (χ1n) is 12.4. The summed E-state index contributed by atoms with van der Waals surface area (Å²) < 4.78 is 0. The number of likely N-dealkylation sites (tertiary alicyclic amines) is 1. The Morgan fingerprint density at radius 2 is 2.00 bits per heavy atom. The molecule has 2 aliphatic heterocycles. The Balaban J connectivity index is 1.57. The molecule has 3 heterocycles. The number of rotatable bonds is 9. The van der Waals surface area contributed by atoms with Crippen molar-refractivity contribution in [2.45, 2.75) is 65.0 Å². The monoisotopic (exact) mass is 443 g/mol. The molecule has 8 heteroatoms. The van der Waals surface area contributed by atoms with Gasteiger partial charge in [-0.3, -0.25) is 9.69 Å². The minimum atomic E-state index is -0.188. The first kappa shape index (κ1) is 24.3. The molecule has 0 radical (unpaired) electrons. The highest BCUT2D eigenvalue weighted by atomic mass is 16.1. The number of aromatic nitrogens is 1. The Kier molecular flexibility index (Phi) is 9.59. The van der Waals surface area contributed by atoms with Gasteiger partial charge in [0.15, 0.2) is 5.96 Å². The number of anilines is 1. The minimum absolute atomic E-state index is 0.0202. The van der Waals surface area contributed by atoms with Crippen LogP contribution in [0.1, 0.15) is 57.9 Å². The first-order valence-corrected chi connectivity index (χ1v) is 12.4. The molecule has 3 rings (SSSR count). The molecular formula is C24H41N7O. The van der Waals surface area contributed by atoms with E-state index in [1.54, 1.807) is 0 Å². The van der Waals surface area contributed by atoms with E-state index in [2.05, 4.69) is 45.3 Å². The summed E-state index contributed by atoms with van der Waals surface area (Å²) in [5.41, 5.74) is 6.59. The second kappa shape index (κ2) is 12.6. The number of hydrogen-bond acceptors (Lipinski definition) is 5. The van der Waals surface area contributed by atoms with Crippen molar-refractivity contribution in [3.63, 3.8) is 0 Å². The molecular weight excluding hydrogens is 402 g/mol. The summed E-state index contributed by atoms with van der Waals surface area (Å²) in [6, 6.07) is 4.78. The maximum absolute atomic E-state index is 11.5. The SMILES string of the molecule is CCNC(=NCc1cccnc1N1CCC(C(N)=O)CC1)NCCN1CCCCC1CC. The number of aliphatic imine (C=N–C) groups is 1. The third-order valence-corrected chi connectivity index (χ3v) is 6.73. The van der Waals surface area contributed by atoms with Crippen molar-refractivity contribution in [3.8, 4) is 0 Å². The van der Waals surface area contributed by atoms with Crippen LogP contribution in [-0.2, 0) is 11.3 Å². The fourth-order valence-corrected chi connectivity index (χ4v) is 4.85. The Bertz CT molecular complexity index is 746. The van der Waals surface area contributed by atoms with Gasteiger partial charge in [-0.1, -0.05) is 19.4 Å². The second-order valence-electron chi connectivity index (χ2n) is 8.87. The highest BCUT2D eigenvalue weighted by molar-refractivity contribution is 5.79. The van der Waals surface area contributed by atoms with Gasteiger partial charge >= 0.3 is 0 Å². The molecule has 1 aromatic rings. The van der Waals surface area contributed by atoms with Crippen molar-refractivity contribution < 1.29 is 4.79 Å². The lowest BCUT2D eigenvalue weighted by molar-refractivity contribution is -0.122. The molecule has 1 unspecified atom stereocenters. The molecule has 0 saturated carbocycles. The number of amides is 1. The Morgan fingerprint density at radius 3 is 2.72 bits per heavy atom. The standard InChI is InChI=1S/C24H41N7O/c1-3-21-9-5-6-14-30(21)17-13-28-24(26-4-2)29-18-20-8-7-12-27-23(20)31-15-10-19(11-16-31)22(25)32/h7-8,12,19,21H,3-6,9-11,13-18H2,1-2H3,(H2,25,32)(H2,26,28,29). The van der Waals surface area contributed by atoms with Gasteiger partial charge in [0.1, 0.15) is 5.82 Å². The third kappa shape index (κ3) is 6.82. The number of hydrogen-bond donors (Lipinski definition) is 3. The fraction of sp³-hybridized carbons (Fsp3) is 0.708. The Labute approximate surface area is 193 Å². The van der Waals surface area contributed by atoms with Crippen LogP contribution in [-0.4, -0.2) is 67.1 Å². The molecule has 0 aromatic carbocycles. The number of carbonyl (C=O) groups is 1. The quantitative estimate of drug-likeness (QED) is 0.399. The van der Waals surface area contributed by atoms with Crippen LogP contribution in [0, 0.1) is 5.92 Å². The van der Waals surface area contributed by atoms with E-state index in [0.29, 0.717) is 6.54 Å². The molecule has 32 heavy (non-hydrogen) atoms. The smallest absolute Gasteiger partial charge is 0.220 e. The highest BCUT2D eigenvalue weighted by Crippen LogP contribution is 2.25. The molecule has 4 N–H and O–H groups in total. The molecule has 1 amide bonds. The lowest BCUT2D eigenvalue weighted by atomic mass is 9.96. The summed E-state index contributed by atoms with van der Waals surface area (Å²) in [5.74, 6) is 1.61. The first-order chi connectivity index (χ1) is 15.6. The molecule has 2 aliphatic rings. The van der Waals surface area contributed by atoms with Gasteiger partial charge in [-0.25, -0.2) is 9.98 Å². The zero-order valence-corrected chi connectivity index (χ0v) is 19.9. The molecule has 1 aromatic heterocycles. The van der Waals surface area contributed by atoms with Crippen LogP contribution in [0.5, 0.6) is 0 Å². The largest absolute Gasteiger partial charge is 0.369 e. The van der Waals surface area contributed by atoms with Crippen LogP contribution in [0.3, 0.4) is 0 Å². The Hall–Kier alpha value is -2.35. The second-order valence-corrected chi connectivity index (χ2v) is 8.87. The van der Waals surface area contributed by atoms with Gasteiger partial charge in [0, 0.05) is 56.4 Å². The average molecular weight is 444 g/mol. The number of nitrogens with two attached hydrogens (primary N) is 1.